The van der Waals surface area contributed by atoms with Crippen molar-refractivity contribution in [2.45, 2.75) is 93.1 Å². The van der Waals surface area contributed by atoms with Gasteiger partial charge in [0.25, 0.3) is 0 Å². The van der Waals surface area contributed by atoms with E-state index < -0.39 is 57.3 Å². The molecular weight excluding hydrogens is 476 g/mol. The summed E-state index contributed by atoms with van der Waals surface area (Å²) in [6, 6.07) is 0. The molecule has 0 radical (unpaired) electrons. The number of fused-ring (bicyclic) bond motifs is 4. The Morgan fingerprint density at radius 3 is 2.19 bits per heavy atom. The van der Waals surface area contributed by atoms with Gasteiger partial charge in [0.15, 0.2) is 11.9 Å². The lowest BCUT2D eigenvalue weighted by Gasteiger charge is -2.59. The standard InChI is InChI=1S/C29H38O8/c1-14(8-9-21(34)35)16-12-20(33)29(7)22-17(31)13-18-26(3,4)19(32)10-11-27(18,5)23(22)24(36)25(28(16,29)6)37-15(2)30/h14,16,18,25H,8-13H2,1-7H3,(H,34,35)/t14-,16-,18?,25-,27+,28+,29+/m1/s1. The third kappa shape index (κ3) is 3.46. The number of aliphatic carboxylic acids is 1. The molecular formula is C29H38O8. The van der Waals surface area contributed by atoms with Gasteiger partial charge in [0.05, 0.1) is 5.41 Å². The summed E-state index contributed by atoms with van der Waals surface area (Å²) in [5, 5.41) is 9.24. The van der Waals surface area contributed by atoms with Crippen molar-refractivity contribution < 1.29 is 38.6 Å². The smallest absolute Gasteiger partial charge is 0.303 e. The average molecular weight is 515 g/mol. The van der Waals surface area contributed by atoms with Crippen LogP contribution in [-0.2, 0) is 33.5 Å². The fourth-order valence-corrected chi connectivity index (χ4v) is 8.53. The van der Waals surface area contributed by atoms with Crippen LogP contribution in [0.2, 0.25) is 0 Å². The zero-order chi connectivity index (χ0) is 27.9. The molecule has 0 spiro atoms. The molecule has 37 heavy (non-hydrogen) atoms. The van der Waals surface area contributed by atoms with Crippen molar-refractivity contribution in [1.82, 2.24) is 0 Å². The van der Waals surface area contributed by atoms with Crippen LogP contribution in [0, 0.1) is 39.4 Å². The molecule has 0 amide bonds. The summed E-state index contributed by atoms with van der Waals surface area (Å²) in [7, 11) is 0. The molecule has 0 saturated heterocycles. The highest BCUT2D eigenvalue weighted by Crippen LogP contribution is 2.70. The molecule has 2 saturated carbocycles. The van der Waals surface area contributed by atoms with Crippen LogP contribution in [0.15, 0.2) is 11.1 Å². The maximum absolute atomic E-state index is 14.4. The lowest BCUT2D eigenvalue weighted by Crippen LogP contribution is -2.64. The van der Waals surface area contributed by atoms with Crippen LogP contribution in [0.25, 0.3) is 0 Å². The molecule has 8 heteroatoms. The average Bonchev–Trinajstić information content (AvgIpc) is 3.01. The lowest BCUT2D eigenvalue weighted by atomic mass is 9.42. The van der Waals surface area contributed by atoms with E-state index in [1.807, 2.05) is 27.7 Å². The Bertz CT molecular complexity index is 1160. The van der Waals surface area contributed by atoms with Gasteiger partial charge in [-0.3, -0.25) is 28.8 Å². The number of ketones is 4. The largest absolute Gasteiger partial charge is 0.481 e. The number of allylic oxidation sites excluding steroid dienone is 1. The van der Waals surface area contributed by atoms with Crippen molar-refractivity contribution >= 4 is 35.1 Å². The Balaban J connectivity index is 1.98. The van der Waals surface area contributed by atoms with Crippen molar-refractivity contribution in [3.8, 4) is 0 Å². The molecule has 0 aromatic rings. The summed E-state index contributed by atoms with van der Waals surface area (Å²) < 4.78 is 5.75. The minimum absolute atomic E-state index is 0.0481. The van der Waals surface area contributed by atoms with E-state index in [0.29, 0.717) is 6.42 Å². The van der Waals surface area contributed by atoms with Crippen LogP contribution in [0.4, 0.5) is 0 Å². The molecule has 4 aliphatic rings. The van der Waals surface area contributed by atoms with Crippen LogP contribution < -0.4 is 0 Å². The van der Waals surface area contributed by atoms with E-state index in [0.717, 1.165) is 0 Å². The predicted molar refractivity (Wildman–Crippen MR) is 132 cm³/mol. The number of carbonyl (C=O) groups excluding carboxylic acids is 5. The molecule has 1 unspecified atom stereocenters. The van der Waals surface area contributed by atoms with Crippen LogP contribution in [-0.4, -0.2) is 46.3 Å². The number of rotatable bonds is 5. The van der Waals surface area contributed by atoms with Gasteiger partial charge in [0.1, 0.15) is 11.6 Å². The van der Waals surface area contributed by atoms with Gasteiger partial charge < -0.3 is 9.84 Å². The highest BCUT2D eigenvalue weighted by Gasteiger charge is 2.74. The van der Waals surface area contributed by atoms with E-state index in [9.17, 15) is 33.9 Å². The highest BCUT2D eigenvalue weighted by molar-refractivity contribution is 6.18. The van der Waals surface area contributed by atoms with Gasteiger partial charge in [-0.1, -0.05) is 34.6 Å². The molecule has 0 aliphatic heterocycles. The number of carboxylic acid groups (broad SMARTS) is 1. The summed E-state index contributed by atoms with van der Waals surface area (Å²) in [5.41, 5.74) is -3.77. The minimum Gasteiger partial charge on any atom is -0.481 e. The topological polar surface area (TPSA) is 132 Å². The molecule has 0 aromatic heterocycles. The second-order valence-electron chi connectivity index (χ2n) is 12.9. The van der Waals surface area contributed by atoms with Gasteiger partial charge in [-0.15, -0.1) is 0 Å². The molecule has 1 N–H and O–H groups in total. The molecule has 202 valence electrons. The molecule has 0 aromatic carbocycles. The fraction of sp³-hybridized carbons (Fsp3) is 0.724. The number of ether oxygens (including phenoxy) is 1. The molecule has 0 heterocycles. The first-order valence-corrected chi connectivity index (χ1v) is 13.2. The number of Topliss-reactive ketones (excluding diaryl/α,β-unsaturated/α-hetero) is 4. The van der Waals surface area contributed by atoms with E-state index >= 15 is 0 Å². The molecule has 8 nitrogen and oxygen atoms in total. The van der Waals surface area contributed by atoms with Crippen molar-refractivity contribution in [3.05, 3.63) is 11.1 Å². The number of carbonyl (C=O) groups is 6. The summed E-state index contributed by atoms with van der Waals surface area (Å²) in [6.45, 7) is 12.1. The quantitative estimate of drug-likeness (QED) is 0.547. The second-order valence-corrected chi connectivity index (χ2v) is 12.9. The Morgan fingerprint density at radius 2 is 1.62 bits per heavy atom. The fourth-order valence-electron chi connectivity index (χ4n) is 8.53. The van der Waals surface area contributed by atoms with Crippen LogP contribution >= 0.6 is 0 Å². The first-order chi connectivity index (χ1) is 17.0. The Labute approximate surface area is 217 Å². The summed E-state index contributed by atoms with van der Waals surface area (Å²) in [4.78, 5) is 78.9. The summed E-state index contributed by atoms with van der Waals surface area (Å²) in [5.74, 6) is -3.66. The second kappa shape index (κ2) is 8.43. The predicted octanol–water partition coefficient (Wildman–Crippen LogP) is 3.88. The first-order valence-electron chi connectivity index (χ1n) is 13.2. The summed E-state index contributed by atoms with van der Waals surface area (Å²) in [6.07, 6.45) is -0.333. The minimum atomic E-state index is -1.38. The first kappa shape index (κ1) is 27.4. The van der Waals surface area contributed by atoms with E-state index in [1.165, 1.54) is 6.92 Å². The van der Waals surface area contributed by atoms with Crippen LogP contribution in [0.1, 0.15) is 87.0 Å². The Kier molecular flexibility index (Phi) is 6.24. The SMILES string of the molecule is CC(=O)O[C@@H]1C(=O)C2=C(C(=O)CC3C(C)(C)C(=O)CC[C@]23C)[C@]2(C)C(=O)C[C@H]([C@H](C)CCC(=O)O)[C@@]12C. The molecule has 0 bridgehead atoms. The van der Waals surface area contributed by atoms with Gasteiger partial charge in [-0.05, 0) is 37.5 Å². The Morgan fingerprint density at radius 1 is 1.00 bits per heavy atom. The zero-order valence-corrected chi connectivity index (χ0v) is 22.9. The van der Waals surface area contributed by atoms with E-state index in [-0.39, 0.29) is 66.5 Å². The molecule has 4 aliphatic carbocycles. The van der Waals surface area contributed by atoms with Gasteiger partial charge in [-0.25, -0.2) is 0 Å². The molecule has 7 atom stereocenters. The number of esters is 1. The third-order valence-electron chi connectivity index (χ3n) is 10.8. The van der Waals surface area contributed by atoms with E-state index in [2.05, 4.69) is 0 Å². The maximum Gasteiger partial charge on any atom is 0.303 e. The maximum atomic E-state index is 14.4. The van der Waals surface area contributed by atoms with Crippen molar-refractivity contribution in [2.75, 3.05) is 0 Å². The molecule has 4 rings (SSSR count). The van der Waals surface area contributed by atoms with E-state index in [4.69, 9.17) is 4.74 Å². The van der Waals surface area contributed by atoms with Gasteiger partial charge >= 0.3 is 11.9 Å². The lowest BCUT2D eigenvalue weighted by molar-refractivity contribution is -0.175. The van der Waals surface area contributed by atoms with Crippen LogP contribution in [0.3, 0.4) is 0 Å². The monoisotopic (exact) mass is 514 g/mol. The highest BCUT2D eigenvalue weighted by atomic mass is 16.5. The van der Waals surface area contributed by atoms with Crippen molar-refractivity contribution in [2.24, 2.45) is 39.4 Å². The van der Waals surface area contributed by atoms with Gasteiger partial charge in [0, 0.05) is 60.0 Å². The summed E-state index contributed by atoms with van der Waals surface area (Å²) >= 11 is 0. The normalized spacial score (nSPS) is 39.6. The number of hydrogen-bond acceptors (Lipinski definition) is 7. The molecule has 2 fully saturated rings. The third-order valence-corrected chi connectivity index (χ3v) is 10.8. The van der Waals surface area contributed by atoms with Crippen molar-refractivity contribution in [3.63, 3.8) is 0 Å². The van der Waals surface area contributed by atoms with E-state index in [1.54, 1.807) is 13.8 Å². The van der Waals surface area contributed by atoms with Gasteiger partial charge in [-0.2, -0.15) is 0 Å². The van der Waals surface area contributed by atoms with Crippen molar-refractivity contribution in [1.29, 1.82) is 0 Å². The number of hydrogen-bond donors (Lipinski definition) is 1. The number of carboxylic acids is 1. The van der Waals surface area contributed by atoms with Gasteiger partial charge in [0.2, 0.25) is 5.78 Å². The van der Waals surface area contributed by atoms with Crippen LogP contribution in [0.5, 0.6) is 0 Å². The Hall–Kier alpha value is -2.64. The zero-order valence-electron chi connectivity index (χ0n) is 22.9.